The number of carbonyl (C=O) groups is 1. The second kappa shape index (κ2) is 6.67. The average molecular weight is 304 g/mol. The van der Waals surface area contributed by atoms with Crippen molar-refractivity contribution < 1.29 is 14.3 Å². The second-order valence-corrected chi connectivity index (χ2v) is 6.25. The third-order valence-corrected chi connectivity index (χ3v) is 4.28. The van der Waals surface area contributed by atoms with Gasteiger partial charge >= 0.3 is 6.03 Å². The molecule has 2 aliphatic heterocycles. The minimum absolute atomic E-state index is 0.0323. The van der Waals surface area contributed by atoms with Crippen molar-refractivity contribution >= 4 is 6.03 Å². The number of benzene rings is 1. The lowest BCUT2D eigenvalue weighted by atomic mass is 9.98. The van der Waals surface area contributed by atoms with Crippen LogP contribution in [0.15, 0.2) is 30.3 Å². The quantitative estimate of drug-likeness (QED) is 0.868. The minimum Gasteiger partial charge on any atom is -0.378 e. The van der Waals surface area contributed by atoms with Gasteiger partial charge in [-0.3, -0.25) is 0 Å². The van der Waals surface area contributed by atoms with E-state index in [4.69, 9.17) is 9.47 Å². The monoisotopic (exact) mass is 304 g/mol. The van der Waals surface area contributed by atoms with E-state index in [2.05, 4.69) is 19.2 Å². The predicted octanol–water partition coefficient (Wildman–Crippen LogP) is 2.19. The fourth-order valence-corrected chi connectivity index (χ4v) is 2.95. The van der Waals surface area contributed by atoms with Gasteiger partial charge in [-0.05, 0) is 11.5 Å². The van der Waals surface area contributed by atoms with Crippen LogP contribution in [0.3, 0.4) is 0 Å². The molecule has 1 N–H and O–H groups in total. The number of nitrogens with zero attached hydrogens (tertiary/aromatic N) is 1. The molecule has 2 saturated heterocycles. The van der Waals surface area contributed by atoms with Crippen LogP contribution in [0.5, 0.6) is 0 Å². The molecule has 2 aliphatic rings. The molecule has 1 aromatic rings. The summed E-state index contributed by atoms with van der Waals surface area (Å²) in [5.74, 6) is 0.455. The molecule has 120 valence electrons. The van der Waals surface area contributed by atoms with Gasteiger partial charge in [0.1, 0.15) is 6.10 Å². The maximum Gasteiger partial charge on any atom is 0.318 e. The number of hydrogen-bond donors (Lipinski definition) is 1. The van der Waals surface area contributed by atoms with E-state index in [0.717, 1.165) is 5.56 Å². The van der Waals surface area contributed by atoms with Crippen molar-refractivity contribution in [1.82, 2.24) is 10.2 Å². The summed E-state index contributed by atoms with van der Waals surface area (Å²) in [4.78, 5) is 14.3. The molecular weight excluding hydrogens is 280 g/mol. The lowest BCUT2D eigenvalue weighted by molar-refractivity contribution is 0.0522. The first-order valence-electron chi connectivity index (χ1n) is 8.00. The second-order valence-electron chi connectivity index (χ2n) is 6.25. The highest BCUT2D eigenvalue weighted by atomic mass is 16.6. The van der Waals surface area contributed by atoms with Gasteiger partial charge in [0.05, 0.1) is 25.4 Å². The van der Waals surface area contributed by atoms with Crippen molar-refractivity contribution in [3.63, 3.8) is 0 Å². The van der Waals surface area contributed by atoms with Crippen LogP contribution in [0.25, 0.3) is 0 Å². The van der Waals surface area contributed by atoms with Crippen LogP contribution >= 0.6 is 0 Å². The molecular formula is C17H24N2O3. The molecule has 2 fully saturated rings. The molecule has 1 aromatic carbocycles. The van der Waals surface area contributed by atoms with Crippen molar-refractivity contribution in [1.29, 1.82) is 0 Å². The van der Waals surface area contributed by atoms with E-state index < -0.39 is 0 Å². The number of nitrogens with one attached hydrogen (secondary N) is 1. The van der Waals surface area contributed by atoms with Gasteiger partial charge in [0.25, 0.3) is 0 Å². The van der Waals surface area contributed by atoms with Crippen molar-refractivity contribution in [2.75, 3.05) is 26.3 Å². The largest absolute Gasteiger partial charge is 0.378 e. The molecule has 2 unspecified atom stereocenters. The fourth-order valence-electron chi connectivity index (χ4n) is 2.95. The standard InChI is InChI=1S/C17H24N2O3/c1-12(2)15-16(22-15)14(13-6-4-3-5-7-13)18-17(20)19-8-10-21-11-9-19/h3-7,12,14-16H,8-11H2,1-2H3,(H,18,20)/t14-,15?,16?/m1/s1. The van der Waals surface area contributed by atoms with Crippen LogP contribution in [0, 0.1) is 5.92 Å². The van der Waals surface area contributed by atoms with Crippen LogP contribution in [0.4, 0.5) is 4.79 Å². The van der Waals surface area contributed by atoms with E-state index in [0.29, 0.717) is 32.2 Å². The number of hydrogen-bond acceptors (Lipinski definition) is 3. The van der Waals surface area contributed by atoms with E-state index in [1.807, 2.05) is 35.2 Å². The van der Waals surface area contributed by atoms with Gasteiger partial charge < -0.3 is 19.7 Å². The number of carbonyl (C=O) groups excluding carboxylic acids is 1. The molecule has 0 aliphatic carbocycles. The average Bonchev–Trinajstić information content (AvgIpc) is 3.34. The number of rotatable bonds is 4. The summed E-state index contributed by atoms with van der Waals surface area (Å²) in [5, 5.41) is 3.16. The van der Waals surface area contributed by atoms with Gasteiger partial charge in [-0.15, -0.1) is 0 Å². The Kier molecular flexibility index (Phi) is 4.64. The molecule has 22 heavy (non-hydrogen) atoms. The van der Waals surface area contributed by atoms with Crippen LogP contribution in [0.2, 0.25) is 0 Å². The van der Waals surface area contributed by atoms with Crippen LogP contribution in [-0.2, 0) is 9.47 Å². The van der Waals surface area contributed by atoms with Crippen LogP contribution in [-0.4, -0.2) is 49.4 Å². The summed E-state index contributed by atoms with van der Waals surface area (Å²) in [6.45, 7) is 6.81. The summed E-state index contributed by atoms with van der Waals surface area (Å²) in [6.07, 6.45) is 0.280. The molecule has 0 aromatic heterocycles. The van der Waals surface area contributed by atoms with E-state index in [9.17, 15) is 4.79 Å². The molecule has 3 rings (SSSR count). The van der Waals surface area contributed by atoms with Crippen LogP contribution in [0.1, 0.15) is 25.5 Å². The summed E-state index contributed by atoms with van der Waals surface area (Å²) in [6, 6.07) is 9.94. The summed E-state index contributed by atoms with van der Waals surface area (Å²) in [5.41, 5.74) is 1.09. The van der Waals surface area contributed by atoms with Crippen molar-refractivity contribution in [3.8, 4) is 0 Å². The zero-order valence-corrected chi connectivity index (χ0v) is 13.2. The highest BCUT2D eigenvalue weighted by Crippen LogP contribution is 2.38. The number of ether oxygens (including phenoxy) is 2. The fraction of sp³-hybridized carbons (Fsp3) is 0.588. The molecule has 5 nitrogen and oxygen atoms in total. The van der Waals surface area contributed by atoms with Gasteiger partial charge in [-0.2, -0.15) is 0 Å². The lowest BCUT2D eigenvalue weighted by Crippen LogP contribution is -2.48. The maximum absolute atomic E-state index is 12.5. The smallest absolute Gasteiger partial charge is 0.318 e. The Labute approximate surface area is 131 Å². The van der Waals surface area contributed by atoms with E-state index in [1.165, 1.54) is 0 Å². The Morgan fingerprint density at radius 1 is 1.18 bits per heavy atom. The number of epoxide rings is 1. The minimum atomic E-state index is -0.0936. The summed E-state index contributed by atoms with van der Waals surface area (Å²) < 4.78 is 11.1. The molecule has 2 heterocycles. The molecule has 0 saturated carbocycles. The highest BCUT2D eigenvalue weighted by Gasteiger charge is 2.47. The number of morpholine rings is 1. The first kappa shape index (κ1) is 15.3. The first-order valence-corrected chi connectivity index (χ1v) is 8.00. The Hall–Kier alpha value is -1.59. The van der Waals surface area contributed by atoms with E-state index in [-0.39, 0.29) is 24.3 Å². The summed E-state index contributed by atoms with van der Waals surface area (Å²) in [7, 11) is 0. The molecule has 5 heteroatoms. The maximum atomic E-state index is 12.5. The van der Waals surface area contributed by atoms with Gasteiger partial charge in [0.2, 0.25) is 0 Å². The third-order valence-electron chi connectivity index (χ3n) is 4.28. The normalized spacial score (nSPS) is 25.9. The van der Waals surface area contributed by atoms with E-state index in [1.54, 1.807) is 0 Å². The van der Waals surface area contributed by atoms with Gasteiger partial charge in [-0.25, -0.2) is 4.79 Å². The Morgan fingerprint density at radius 2 is 1.86 bits per heavy atom. The number of amides is 2. The summed E-state index contributed by atoms with van der Waals surface area (Å²) >= 11 is 0. The lowest BCUT2D eigenvalue weighted by Gasteiger charge is -2.29. The number of urea groups is 1. The Balaban J connectivity index is 1.70. The van der Waals surface area contributed by atoms with Crippen LogP contribution < -0.4 is 5.32 Å². The zero-order chi connectivity index (χ0) is 15.5. The topological polar surface area (TPSA) is 54.1 Å². The molecule has 3 atom stereocenters. The van der Waals surface area contributed by atoms with Crippen molar-refractivity contribution in [3.05, 3.63) is 35.9 Å². The van der Waals surface area contributed by atoms with Gasteiger partial charge in [0.15, 0.2) is 0 Å². The highest BCUT2D eigenvalue weighted by molar-refractivity contribution is 5.75. The molecule has 0 bridgehead atoms. The van der Waals surface area contributed by atoms with Gasteiger partial charge in [0, 0.05) is 13.1 Å². The van der Waals surface area contributed by atoms with Crippen molar-refractivity contribution in [2.45, 2.75) is 32.1 Å². The predicted molar refractivity (Wildman–Crippen MR) is 83.6 cm³/mol. The Morgan fingerprint density at radius 3 is 2.45 bits per heavy atom. The molecule has 2 amide bonds. The zero-order valence-electron chi connectivity index (χ0n) is 13.2. The third kappa shape index (κ3) is 3.42. The SMILES string of the molecule is CC(C)C1OC1[C@H](NC(=O)N1CCOCC1)c1ccccc1. The van der Waals surface area contributed by atoms with E-state index >= 15 is 0 Å². The van der Waals surface area contributed by atoms with Gasteiger partial charge in [-0.1, -0.05) is 44.2 Å². The Bertz CT molecular complexity index is 500. The molecule has 0 radical (unpaired) electrons. The first-order chi connectivity index (χ1) is 10.7. The van der Waals surface area contributed by atoms with Crippen molar-refractivity contribution in [2.24, 2.45) is 5.92 Å². The molecule has 0 spiro atoms.